The molecule has 2 amide bonds. The monoisotopic (exact) mass is 397 g/mol. The summed E-state index contributed by atoms with van der Waals surface area (Å²) in [6.45, 7) is 4.29. The molecule has 0 saturated heterocycles. The highest BCUT2D eigenvalue weighted by atomic mass is 32.2. The van der Waals surface area contributed by atoms with E-state index in [4.69, 9.17) is 4.74 Å². The fraction of sp³-hybridized carbons (Fsp3) is 0.375. The number of carbonyl (C=O) groups is 2. The average Bonchev–Trinajstić information content (AvgIpc) is 3.06. The highest BCUT2D eigenvalue weighted by Gasteiger charge is 2.15. The van der Waals surface area contributed by atoms with Crippen molar-refractivity contribution in [3.05, 3.63) is 29.8 Å². The number of para-hydroxylation sites is 1. The number of hydrogen-bond donors (Lipinski definition) is 1. The van der Waals surface area contributed by atoms with Crippen LogP contribution in [0.4, 0.5) is 0 Å². The zero-order valence-electron chi connectivity index (χ0n) is 14.1. The molecule has 1 aromatic heterocycles. The Balaban J connectivity index is 1.83. The Kier molecular flexibility index (Phi) is 7.73. The molecule has 0 aliphatic rings. The van der Waals surface area contributed by atoms with Gasteiger partial charge in [-0.15, -0.1) is 10.2 Å². The summed E-state index contributed by atoms with van der Waals surface area (Å²) in [7, 11) is 1.48. The van der Waals surface area contributed by atoms with E-state index in [1.165, 1.54) is 30.2 Å². The van der Waals surface area contributed by atoms with Crippen LogP contribution < -0.4 is 10.1 Å². The number of imide groups is 1. The van der Waals surface area contributed by atoms with Gasteiger partial charge in [-0.25, -0.2) is 0 Å². The molecule has 9 heteroatoms. The van der Waals surface area contributed by atoms with Crippen molar-refractivity contribution in [2.75, 3.05) is 18.6 Å². The minimum atomic E-state index is -0.478. The predicted octanol–water partition coefficient (Wildman–Crippen LogP) is 3.34. The van der Waals surface area contributed by atoms with E-state index in [0.29, 0.717) is 21.6 Å². The van der Waals surface area contributed by atoms with Crippen molar-refractivity contribution >= 4 is 46.7 Å². The van der Waals surface area contributed by atoms with Crippen LogP contribution in [0.15, 0.2) is 32.9 Å². The van der Waals surface area contributed by atoms with Crippen LogP contribution >= 0.6 is 34.9 Å². The summed E-state index contributed by atoms with van der Waals surface area (Å²) in [5.74, 6) is 1.23. The number of carbonyl (C=O) groups excluding carboxylic acids is 2. The summed E-state index contributed by atoms with van der Waals surface area (Å²) in [6, 6.07) is 6.76. The van der Waals surface area contributed by atoms with E-state index in [-0.39, 0.29) is 11.7 Å². The number of hydrogen-bond acceptors (Lipinski definition) is 8. The Morgan fingerprint density at radius 2 is 1.88 bits per heavy atom. The van der Waals surface area contributed by atoms with Crippen molar-refractivity contribution < 1.29 is 14.3 Å². The van der Waals surface area contributed by atoms with Gasteiger partial charge in [0.05, 0.1) is 18.4 Å². The molecular formula is C16H19N3O3S3. The number of benzene rings is 1. The molecule has 1 N–H and O–H groups in total. The van der Waals surface area contributed by atoms with Gasteiger partial charge in [0.1, 0.15) is 5.75 Å². The molecule has 1 aromatic carbocycles. The normalized spacial score (nSPS) is 10.7. The van der Waals surface area contributed by atoms with E-state index in [1.54, 1.807) is 36.0 Å². The summed E-state index contributed by atoms with van der Waals surface area (Å²) in [5.41, 5.74) is 0.326. The first kappa shape index (κ1) is 19.7. The summed E-state index contributed by atoms with van der Waals surface area (Å²) < 4.78 is 6.73. The lowest BCUT2D eigenvalue weighted by Gasteiger charge is -2.07. The van der Waals surface area contributed by atoms with Crippen molar-refractivity contribution in [2.45, 2.75) is 22.5 Å². The summed E-state index contributed by atoms with van der Waals surface area (Å²) >= 11 is 4.38. The second-order valence-corrected chi connectivity index (χ2v) is 8.87. The van der Waals surface area contributed by atoms with Crippen LogP contribution in [-0.4, -0.2) is 40.6 Å². The lowest BCUT2D eigenvalue weighted by Crippen LogP contribution is -2.32. The van der Waals surface area contributed by atoms with Gasteiger partial charge >= 0.3 is 0 Å². The number of rotatable bonds is 8. The highest BCUT2D eigenvalue weighted by Crippen LogP contribution is 2.29. The molecule has 0 atom stereocenters. The first-order chi connectivity index (χ1) is 12.0. The Morgan fingerprint density at radius 3 is 2.56 bits per heavy atom. The van der Waals surface area contributed by atoms with Gasteiger partial charge in [-0.05, 0) is 18.1 Å². The average molecular weight is 398 g/mol. The first-order valence-electron chi connectivity index (χ1n) is 7.56. The third kappa shape index (κ3) is 6.33. The third-order valence-electron chi connectivity index (χ3n) is 2.86. The van der Waals surface area contributed by atoms with Crippen molar-refractivity contribution in [3.8, 4) is 5.75 Å². The Bertz CT molecular complexity index is 734. The molecular weight excluding hydrogens is 378 g/mol. The lowest BCUT2D eigenvalue weighted by atomic mass is 10.2. The number of methoxy groups -OCH3 is 1. The fourth-order valence-corrected chi connectivity index (χ4v) is 4.54. The van der Waals surface area contributed by atoms with E-state index >= 15 is 0 Å². The molecule has 0 bridgehead atoms. The van der Waals surface area contributed by atoms with Crippen LogP contribution in [0.25, 0.3) is 0 Å². The van der Waals surface area contributed by atoms with E-state index in [1.807, 2.05) is 0 Å². The van der Waals surface area contributed by atoms with Crippen LogP contribution in [0.3, 0.4) is 0 Å². The second-order valence-electron chi connectivity index (χ2n) is 5.40. The first-order valence-corrected chi connectivity index (χ1v) is 10.3. The lowest BCUT2D eigenvalue weighted by molar-refractivity contribution is -0.117. The maximum absolute atomic E-state index is 12.1. The maximum Gasteiger partial charge on any atom is 0.261 e. The summed E-state index contributed by atoms with van der Waals surface area (Å²) in [6.07, 6.45) is 0. The number of aromatic nitrogens is 2. The van der Waals surface area contributed by atoms with Crippen LogP contribution in [0.1, 0.15) is 24.2 Å². The predicted molar refractivity (Wildman–Crippen MR) is 102 cm³/mol. The maximum atomic E-state index is 12.1. The minimum Gasteiger partial charge on any atom is -0.496 e. The van der Waals surface area contributed by atoms with Crippen LogP contribution in [0.5, 0.6) is 5.75 Å². The van der Waals surface area contributed by atoms with Crippen molar-refractivity contribution in [1.29, 1.82) is 0 Å². The second kappa shape index (κ2) is 9.79. The molecule has 0 radical (unpaired) electrons. The Morgan fingerprint density at radius 1 is 1.20 bits per heavy atom. The van der Waals surface area contributed by atoms with E-state index in [0.717, 1.165) is 10.1 Å². The zero-order chi connectivity index (χ0) is 18.2. The number of nitrogens with one attached hydrogen (secondary N) is 1. The topological polar surface area (TPSA) is 81.2 Å². The molecule has 0 aliphatic heterocycles. The van der Waals surface area contributed by atoms with Crippen molar-refractivity contribution in [1.82, 2.24) is 15.5 Å². The van der Waals surface area contributed by atoms with Gasteiger partial charge in [0.25, 0.3) is 5.91 Å². The van der Waals surface area contributed by atoms with Crippen LogP contribution in [-0.2, 0) is 4.79 Å². The number of nitrogens with zero attached hydrogens (tertiary/aromatic N) is 2. The quantitative estimate of drug-likeness (QED) is 0.684. The number of amides is 2. The Hall–Kier alpha value is -1.58. The molecule has 134 valence electrons. The van der Waals surface area contributed by atoms with Gasteiger partial charge in [-0.2, -0.15) is 0 Å². The molecule has 2 rings (SSSR count). The smallest absolute Gasteiger partial charge is 0.261 e. The molecule has 0 spiro atoms. The van der Waals surface area contributed by atoms with Gasteiger partial charge in [-0.1, -0.05) is 60.8 Å². The van der Waals surface area contributed by atoms with E-state index in [9.17, 15) is 9.59 Å². The Labute approximate surface area is 159 Å². The standard InChI is InChI=1S/C16H19N3O3S3/c1-10(2)8-23-15-18-19-16(25-15)24-9-13(20)17-14(21)11-6-4-5-7-12(11)22-3/h4-7,10H,8-9H2,1-3H3,(H,17,20,21). The van der Waals surface area contributed by atoms with Crippen molar-refractivity contribution in [3.63, 3.8) is 0 Å². The minimum absolute atomic E-state index is 0.102. The summed E-state index contributed by atoms with van der Waals surface area (Å²) in [5, 5.41) is 10.5. The van der Waals surface area contributed by atoms with Gasteiger partial charge in [-0.3, -0.25) is 14.9 Å². The van der Waals surface area contributed by atoms with Gasteiger partial charge in [0.2, 0.25) is 5.91 Å². The number of ether oxygens (including phenoxy) is 1. The van der Waals surface area contributed by atoms with Crippen molar-refractivity contribution in [2.24, 2.45) is 5.92 Å². The molecule has 1 heterocycles. The third-order valence-corrected chi connectivity index (χ3v) is 6.48. The molecule has 0 saturated carbocycles. The summed E-state index contributed by atoms with van der Waals surface area (Å²) in [4.78, 5) is 24.1. The fourth-order valence-electron chi connectivity index (χ4n) is 1.74. The molecule has 6 nitrogen and oxygen atoms in total. The van der Waals surface area contributed by atoms with E-state index in [2.05, 4.69) is 29.4 Å². The van der Waals surface area contributed by atoms with Crippen LogP contribution in [0.2, 0.25) is 0 Å². The molecule has 0 fully saturated rings. The van der Waals surface area contributed by atoms with Gasteiger partial charge < -0.3 is 4.74 Å². The van der Waals surface area contributed by atoms with Gasteiger partial charge in [0, 0.05) is 5.75 Å². The largest absolute Gasteiger partial charge is 0.496 e. The zero-order valence-corrected chi connectivity index (χ0v) is 16.6. The number of thioether (sulfide) groups is 2. The SMILES string of the molecule is COc1ccccc1C(=O)NC(=O)CSc1nnc(SCC(C)C)s1. The molecule has 25 heavy (non-hydrogen) atoms. The van der Waals surface area contributed by atoms with Gasteiger partial charge in [0.15, 0.2) is 8.68 Å². The molecule has 0 unspecified atom stereocenters. The van der Waals surface area contributed by atoms with E-state index < -0.39 is 5.91 Å². The highest BCUT2D eigenvalue weighted by molar-refractivity contribution is 8.03. The molecule has 2 aromatic rings. The molecule has 0 aliphatic carbocycles. The van der Waals surface area contributed by atoms with Crippen LogP contribution in [0, 0.1) is 5.92 Å².